The molecule has 0 radical (unpaired) electrons. The van der Waals surface area contributed by atoms with E-state index in [4.69, 9.17) is 12.2 Å². The van der Waals surface area contributed by atoms with E-state index < -0.39 is 0 Å². The van der Waals surface area contributed by atoms with E-state index in [-0.39, 0.29) is 17.8 Å². The van der Waals surface area contributed by atoms with Crippen molar-refractivity contribution in [3.05, 3.63) is 64.8 Å². The second kappa shape index (κ2) is 7.95. The largest absolute Gasteiger partial charge is 0.290 e. The Kier molecular flexibility index (Phi) is 5.41. The van der Waals surface area contributed by atoms with Gasteiger partial charge in [0.1, 0.15) is 10.1 Å². The molecule has 2 fully saturated rings. The number of thiocarbonyl (C=S) groups is 1. The highest BCUT2D eigenvalue weighted by atomic mass is 32.2. The SMILES string of the molecule is O=C1/C(=C\c2ccc(-c3ccc(F)cc3)cc2)SC(=S)N1C1CCCCC1. The van der Waals surface area contributed by atoms with Crippen molar-refractivity contribution in [3.63, 3.8) is 0 Å². The van der Waals surface area contributed by atoms with Gasteiger partial charge in [-0.05, 0) is 47.7 Å². The highest BCUT2D eigenvalue weighted by Crippen LogP contribution is 2.37. The molecular weight excluding hydrogens is 377 g/mol. The molecule has 1 saturated heterocycles. The number of amides is 1. The number of carbonyl (C=O) groups excluding carboxylic acids is 1. The molecule has 5 heteroatoms. The van der Waals surface area contributed by atoms with Crippen LogP contribution in [0, 0.1) is 5.82 Å². The predicted octanol–water partition coefficient (Wildman–Crippen LogP) is 6.03. The first kappa shape index (κ1) is 18.4. The molecule has 1 aliphatic carbocycles. The number of hydrogen-bond acceptors (Lipinski definition) is 3. The number of hydrogen-bond donors (Lipinski definition) is 0. The Morgan fingerprint density at radius 2 is 1.56 bits per heavy atom. The second-order valence-corrected chi connectivity index (χ2v) is 8.65. The molecule has 2 nitrogen and oxygen atoms in total. The molecule has 2 aromatic carbocycles. The minimum absolute atomic E-state index is 0.0412. The molecule has 0 unspecified atom stereocenters. The van der Waals surface area contributed by atoms with Gasteiger partial charge in [0.15, 0.2) is 0 Å². The maximum Gasteiger partial charge on any atom is 0.266 e. The summed E-state index contributed by atoms with van der Waals surface area (Å²) >= 11 is 6.88. The minimum atomic E-state index is -0.240. The van der Waals surface area contributed by atoms with Gasteiger partial charge in [-0.3, -0.25) is 9.69 Å². The maximum atomic E-state index is 13.1. The van der Waals surface area contributed by atoms with Crippen molar-refractivity contribution in [2.75, 3.05) is 0 Å². The first-order valence-corrected chi connectivity index (χ1v) is 10.5. The predicted molar refractivity (Wildman–Crippen MR) is 114 cm³/mol. The van der Waals surface area contributed by atoms with Gasteiger partial charge in [0, 0.05) is 6.04 Å². The summed E-state index contributed by atoms with van der Waals surface area (Å²) < 4.78 is 13.8. The fraction of sp³-hybridized carbons (Fsp3) is 0.273. The van der Waals surface area contributed by atoms with Crippen molar-refractivity contribution in [2.45, 2.75) is 38.1 Å². The van der Waals surface area contributed by atoms with Crippen LogP contribution >= 0.6 is 24.0 Å². The summed E-state index contributed by atoms with van der Waals surface area (Å²) in [7, 11) is 0. The van der Waals surface area contributed by atoms with Crippen LogP contribution in [-0.4, -0.2) is 21.2 Å². The topological polar surface area (TPSA) is 20.3 Å². The van der Waals surface area contributed by atoms with Crippen molar-refractivity contribution in [1.82, 2.24) is 4.90 Å². The molecule has 2 aromatic rings. The highest BCUT2D eigenvalue weighted by molar-refractivity contribution is 8.26. The van der Waals surface area contributed by atoms with E-state index in [0.29, 0.717) is 9.23 Å². The molecule has 0 spiro atoms. The Labute approximate surface area is 168 Å². The third-order valence-corrected chi connectivity index (χ3v) is 6.48. The van der Waals surface area contributed by atoms with Crippen molar-refractivity contribution in [3.8, 4) is 11.1 Å². The van der Waals surface area contributed by atoms with Gasteiger partial charge in [-0.25, -0.2) is 4.39 Å². The van der Waals surface area contributed by atoms with Gasteiger partial charge < -0.3 is 0 Å². The molecular formula is C22H20FNOS2. The van der Waals surface area contributed by atoms with Crippen molar-refractivity contribution < 1.29 is 9.18 Å². The Balaban J connectivity index is 1.52. The van der Waals surface area contributed by atoms with Gasteiger partial charge in [0.25, 0.3) is 5.91 Å². The highest BCUT2D eigenvalue weighted by Gasteiger charge is 2.37. The van der Waals surface area contributed by atoms with E-state index in [1.54, 1.807) is 12.1 Å². The standard InChI is InChI=1S/C22H20FNOS2/c23-18-12-10-17(11-13-18)16-8-6-15(7-9-16)14-20-21(25)24(22(26)27-20)19-4-2-1-3-5-19/h6-14,19H,1-5H2/b20-14+. The van der Waals surface area contributed by atoms with E-state index in [2.05, 4.69) is 0 Å². The molecule has 0 N–H and O–H groups in total. The Morgan fingerprint density at radius 3 is 2.19 bits per heavy atom. The van der Waals surface area contributed by atoms with Gasteiger partial charge in [0.05, 0.1) is 4.91 Å². The molecule has 27 heavy (non-hydrogen) atoms. The van der Waals surface area contributed by atoms with Gasteiger partial charge >= 0.3 is 0 Å². The van der Waals surface area contributed by atoms with E-state index >= 15 is 0 Å². The zero-order valence-corrected chi connectivity index (χ0v) is 16.5. The average Bonchev–Trinajstić information content (AvgIpc) is 2.97. The van der Waals surface area contributed by atoms with E-state index in [9.17, 15) is 9.18 Å². The van der Waals surface area contributed by atoms with Crippen molar-refractivity contribution in [1.29, 1.82) is 0 Å². The Morgan fingerprint density at radius 1 is 0.963 bits per heavy atom. The fourth-order valence-electron chi connectivity index (χ4n) is 3.70. The van der Waals surface area contributed by atoms with Crippen LogP contribution in [0.2, 0.25) is 0 Å². The first-order valence-electron chi connectivity index (χ1n) is 9.25. The molecule has 0 bridgehead atoms. The molecule has 1 saturated carbocycles. The van der Waals surface area contributed by atoms with Crippen molar-refractivity contribution in [2.24, 2.45) is 0 Å². The molecule has 138 valence electrons. The fourth-order valence-corrected chi connectivity index (χ4v) is 5.10. The molecule has 2 aliphatic rings. The summed E-state index contributed by atoms with van der Waals surface area (Å²) in [6.45, 7) is 0. The number of rotatable bonds is 3. The van der Waals surface area contributed by atoms with Crippen LogP contribution in [0.25, 0.3) is 17.2 Å². The van der Waals surface area contributed by atoms with Crippen LogP contribution in [-0.2, 0) is 4.79 Å². The lowest BCUT2D eigenvalue weighted by Crippen LogP contribution is -2.39. The summed E-state index contributed by atoms with van der Waals surface area (Å²) in [5.74, 6) is -0.199. The summed E-state index contributed by atoms with van der Waals surface area (Å²) in [4.78, 5) is 15.4. The van der Waals surface area contributed by atoms with Crippen LogP contribution < -0.4 is 0 Å². The van der Waals surface area contributed by atoms with Gasteiger partial charge in [0.2, 0.25) is 0 Å². The quantitative estimate of drug-likeness (QED) is 0.466. The number of benzene rings is 2. The third-order valence-electron chi connectivity index (χ3n) is 5.15. The average molecular weight is 398 g/mol. The molecule has 0 atom stereocenters. The summed E-state index contributed by atoms with van der Waals surface area (Å²) in [5, 5.41) is 0. The molecule has 1 aliphatic heterocycles. The third kappa shape index (κ3) is 3.99. The molecule has 0 aromatic heterocycles. The first-order chi connectivity index (χ1) is 13.1. The number of nitrogens with zero attached hydrogens (tertiary/aromatic N) is 1. The number of thioether (sulfide) groups is 1. The zero-order chi connectivity index (χ0) is 18.8. The van der Waals surface area contributed by atoms with Crippen LogP contribution in [0.15, 0.2) is 53.4 Å². The van der Waals surface area contributed by atoms with Crippen LogP contribution in [0.1, 0.15) is 37.7 Å². The summed E-state index contributed by atoms with van der Waals surface area (Å²) in [5.41, 5.74) is 2.94. The lowest BCUT2D eigenvalue weighted by molar-refractivity contribution is -0.124. The maximum absolute atomic E-state index is 13.1. The summed E-state index contributed by atoms with van der Waals surface area (Å²) in [6, 6.07) is 14.6. The molecule has 1 heterocycles. The lowest BCUT2D eigenvalue weighted by Gasteiger charge is -2.29. The van der Waals surface area contributed by atoms with E-state index in [0.717, 1.165) is 29.5 Å². The van der Waals surface area contributed by atoms with E-state index in [1.807, 2.05) is 35.2 Å². The van der Waals surface area contributed by atoms with Gasteiger partial charge in [-0.1, -0.05) is 79.6 Å². The van der Waals surface area contributed by atoms with Gasteiger partial charge in [-0.15, -0.1) is 0 Å². The van der Waals surface area contributed by atoms with E-state index in [1.165, 1.54) is 43.2 Å². The van der Waals surface area contributed by atoms with Crippen LogP contribution in [0.5, 0.6) is 0 Å². The number of halogens is 1. The normalized spacial score (nSPS) is 19.9. The molecule has 1 amide bonds. The Bertz CT molecular complexity index is 884. The summed E-state index contributed by atoms with van der Waals surface area (Å²) in [6.07, 6.45) is 7.60. The smallest absolute Gasteiger partial charge is 0.266 e. The minimum Gasteiger partial charge on any atom is -0.290 e. The lowest BCUT2D eigenvalue weighted by atomic mass is 9.94. The van der Waals surface area contributed by atoms with Gasteiger partial charge in [-0.2, -0.15) is 0 Å². The van der Waals surface area contributed by atoms with Crippen LogP contribution in [0.4, 0.5) is 4.39 Å². The molecule has 4 rings (SSSR count). The van der Waals surface area contributed by atoms with Crippen molar-refractivity contribution >= 4 is 40.3 Å². The monoisotopic (exact) mass is 397 g/mol. The Hall–Kier alpha value is -1.98. The number of carbonyl (C=O) groups is 1. The zero-order valence-electron chi connectivity index (χ0n) is 14.9. The van der Waals surface area contributed by atoms with Crippen LogP contribution in [0.3, 0.4) is 0 Å². The second-order valence-electron chi connectivity index (χ2n) is 6.97.